The fourth-order valence-corrected chi connectivity index (χ4v) is 5.20. The Labute approximate surface area is 233 Å². The first kappa shape index (κ1) is 26.9. The van der Waals surface area contributed by atoms with Crippen LogP contribution >= 0.6 is 11.8 Å². The number of nitrogens with one attached hydrogen (secondary N) is 1. The van der Waals surface area contributed by atoms with Crippen LogP contribution in [0.2, 0.25) is 0 Å². The molecule has 0 unspecified atom stereocenters. The van der Waals surface area contributed by atoms with Gasteiger partial charge in [0.1, 0.15) is 0 Å². The van der Waals surface area contributed by atoms with Crippen molar-refractivity contribution in [3.63, 3.8) is 0 Å². The Morgan fingerprint density at radius 2 is 1.80 bits per heavy atom. The SMILES string of the molecule is CC[C@H](Sc1nc2cc(OC)c(OC)cc2c2nc(-c3ccc([N+](=O)[O-])cc3)nn12)C(=O)Nc1cccc(C)c1. The number of nitrogens with zero attached hydrogens (tertiary/aromatic N) is 5. The largest absolute Gasteiger partial charge is 0.493 e. The number of rotatable bonds is 9. The van der Waals surface area contributed by atoms with Crippen molar-refractivity contribution in [1.82, 2.24) is 19.6 Å². The molecule has 1 atom stereocenters. The number of nitro groups is 1. The number of anilines is 1. The topological polar surface area (TPSA) is 134 Å². The van der Waals surface area contributed by atoms with Gasteiger partial charge in [-0.2, -0.15) is 4.52 Å². The number of hydrogen-bond donors (Lipinski definition) is 1. The highest BCUT2D eigenvalue weighted by Crippen LogP contribution is 2.36. The summed E-state index contributed by atoms with van der Waals surface area (Å²) in [5.74, 6) is 1.21. The maximum atomic E-state index is 13.3. The van der Waals surface area contributed by atoms with Crippen molar-refractivity contribution in [2.45, 2.75) is 30.7 Å². The molecule has 1 amide bonds. The van der Waals surface area contributed by atoms with Crippen molar-refractivity contribution in [2.24, 2.45) is 0 Å². The third kappa shape index (κ3) is 5.25. The highest BCUT2D eigenvalue weighted by Gasteiger charge is 2.24. The zero-order valence-corrected chi connectivity index (χ0v) is 23.1. The van der Waals surface area contributed by atoms with Gasteiger partial charge in [-0.25, -0.2) is 9.97 Å². The Morgan fingerprint density at radius 3 is 2.45 bits per heavy atom. The van der Waals surface area contributed by atoms with Gasteiger partial charge in [0.25, 0.3) is 5.69 Å². The second-order valence-corrected chi connectivity index (χ2v) is 10.1. The number of ether oxygens (including phenoxy) is 2. The summed E-state index contributed by atoms with van der Waals surface area (Å²) in [5, 5.41) is 19.5. The molecule has 204 valence electrons. The number of carbonyl (C=O) groups is 1. The summed E-state index contributed by atoms with van der Waals surface area (Å²) in [5.41, 5.74) is 3.42. The molecule has 40 heavy (non-hydrogen) atoms. The van der Waals surface area contributed by atoms with Crippen LogP contribution in [0.5, 0.6) is 11.5 Å². The summed E-state index contributed by atoms with van der Waals surface area (Å²) < 4.78 is 12.6. The third-order valence-corrected chi connectivity index (χ3v) is 7.59. The van der Waals surface area contributed by atoms with Gasteiger partial charge in [-0.3, -0.25) is 14.9 Å². The van der Waals surface area contributed by atoms with Gasteiger partial charge in [-0.05, 0) is 49.2 Å². The van der Waals surface area contributed by atoms with E-state index >= 15 is 0 Å². The predicted molar refractivity (Wildman–Crippen MR) is 153 cm³/mol. The second-order valence-electron chi connectivity index (χ2n) is 8.97. The van der Waals surface area contributed by atoms with Crippen LogP contribution in [-0.4, -0.2) is 49.9 Å². The van der Waals surface area contributed by atoms with E-state index in [1.165, 1.54) is 23.9 Å². The summed E-state index contributed by atoms with van der Waals surface area (Å²) in [6.07, 6.45) is 0.541. The van der Waals surface area contributed by atoms with Crippen molar-refractivity contribution in [1.29, 1.82) is 0 Å². The quantitative estimate of drug-likeness (QED) is 0.105. The molecule has 0 spiro atoms. The number of amides is 1. The fourth-order valence-electron chi connectivity index (χ4n) is 4.24. The molecule has 5 aromatic rings. The molecule has 2 heterocycles. The average Bonchev–Trinajstić information content (AvgIpc) is 3.41. The highest BCUT2D eigenvalue weighted by atomic mass is 32.2. The first-order valence-electron chi connectivity index (χ1n) is 12.4. The van der Waals surface area contributed by atoms with Gasteiger partial charge in [0.2, 0.25) is 5.91 Å². The molecule has 3 aromatic carbocycles. The zero-order chi connectivity index (χ0) is 28.4. The van der Waals surface area contributed by atoms with Crippen LogP contribution in [0.15, 0.2) is 65.8 Å². The standard InChI is InChI=1S/C28H26N6O5S/c1-5-24(27(35)29-18-8-6-7-16(2)13-18)40-28-30-21-15-23(39-4)22(38-3)14-20(21)26-31-25(32-33(26)28)17-9-11-19(12-10-17)34(36)37/h6-15,24H,5H2,1-4H3,(H,29,35)/t24-/m0/s1. The molecule has 11 nitrogen and oxygen atoms in total. The Kier molecular flexibility index (Phi) is 7.52. The van der Waals surface area contributed by atoms with Crippen LogP contribution in [0.25, 0.3) is 27.9 Å². The second kappa shape index (κ2) is 11.2. The number of thioether (sulfide) groups is 1. The van der Waals surface area contributed by atoms with E-state index in [0.29, 0.717) is 51.0 Å². The number of non-ortho nitro benzene ring substituents is 1. The molecule has 12 heteroatoms. The number of methoxy groups -OCH3 is 2. The summed E-state index contributed by atoms with van der Waals surface area (Å²) in [6, 6.07) is 17.2. The predicted octanol–water partition coefficient (Wildman–Crippen LogP) is 5.69. The van der Waals surface area contributed by atoms with Crippen LogP contribution in [0, 0.1) is 17.0 Å². The number of aromatic nitrogens is 4. The van der Waals surface area contributed by atoms with E-state index < -0.39 is 10.2 Å². The van der Waals surface area contributed by atoms with E-state index in [9.17, 15) is 14.9 Å². The van der Waals surface area contributed by atoms with Crippen molar-refractivity contribution >= 4 is 45.6 Å². The summed E-state index contributed by atoms with van der Waals surface area (Å²) in [6.45, 7) is 3.90. The molecule has 0 saturated carbocycles. The molecule has 0 aliphatic rings. The summed E-state index contributed by atoms with van der Waals surface area (Å²) in [4.78, 5) is 33.5. The number of aryl methyl sites for hydroxylation is 1. The van der Waals surface area contributed by atoms with Gasteiger partial charge >= 0.3 is 0 Å². The van der Waals surface area contributed by atoms with Gasteiger partial charge in [0.05, 0.1) is 29.9 Å². The Hall–Kier alpha value is -4.71. The lowest BCUT2D eigenvalue weighted by Gasteiger charge is -2.16. The van der Waals surface area contributed by atoms with Crippen molar-refractivity contribution in [2.75, 3.05) is 19.5 Å². The molecular weight excluding hydrogens is 532 g/mol. The van der Waals surface area contributed by atoms with E-state index in [2.05, 4.69) is 5.32 Å². The van der Waals surface area contributed by atoms with Crippen molar-refractivity contribution in [3.05, 3.63) is 76.3 Å². The molecule has 0 aliphatic carbocycles. The number of fused-ring (bicyclic) bond motifs is 3. The van der Waals surface area contributed by atoms with E-state index in [1.54, 1.807) is 43.0 Å². The smallest absolute Gasteiger partial charge is 0.269 e. The average molecular weight is 559 g/mol. The summed E-state index contributed by atoms with van der Waals surface area (Å²) >= 11 is 1.28. The first-order chi connectivity index (χ1) is 19.3. The third-order valence-electron chi connectivity index (χ3n) is 6.28. The van der Waals surface area contributed by atoms with Gasteiger partial charge in [0, 0.05) is 34.8 Å². The monoisotopic (exact) mass is 558 g/mol. The Balaban J connectivity index is 1.61. The van der Waals surface area contributed by atoms with E-state index in [-0.39, 0.29) is 11.6 Å². The summed E-state index contributed by atoms with van der Waals surface area (Å²) in [7, 11) is 3.09. The van der Waals surface area contributed by atoms with Gasteiger partial charge < -0.3 is 14.8 Å². The fraction of sp³-hybridized carbons (Fsp3) is 0.214. The molecule has 0 fully saturated rings. The minimum atomic E-state index is -0.471. The molecule has 1 N–H and O–H groups in total. The highest BCUT2D eigenvalue weighted by molar-refractivity contribution is 8.00. The number of carbonyl (C=O) groups excluding carboxylic acids is 1. The number of hydrogen-bond acceptors (Lipinski definition) is 9. The van der Waals surface area contributed by atoms with E-state index in [0.717, 1.165) is 11.3 Å². The van der Waals surface area contributed by atoms with Crippen LogP contribution in [0.3, 0.4) is 0 Å². The van der Waals surface area contributed by atoms with Crippen molar-refractivity contribution < 1.29 is 19.2 Å². The van der Waals surface area contributed by atoms with Crippen molar-refractivity contribution in [3.8, 4) is 22.9 Å². The minimum absolute atomic E-state index is 0.0295. The lowest BCUT2D eigenvalue weighted by molar-refractivity contribution is -0.384. The van der Waals surface area contributed by atoms with Gasteiger partial charge in [-0.15, -0.1) is 5.10 Å². The van der Waals surface area contributed by atoms with Crippen LogP contribution in [0.4, 0.5) is 11.4 Å². The molecular formula is C28H26N6O5S. The Bertz CT molecular complexity index is 1740. The zero-order valence-electron chi connectivity index (χ0n) is 22.2. The maximum absolute atomic E-state index is 13.3. The number of benzene rings is 3. The van der Waals surface area contributed by atoms with Crippen LogP contribution in [-0.2, 0) is 4.79 Å². The molecule has 0 radical (unpaired) electrons. The van der Waals surface area contributed by atoms with Crippen LogP contribution < -0.4 is 14.8 Å². The van der Waals surface area contributed by atoms with Crippen LogP contribution in [0.1, 0.15) is 18.9 Å². The molecule has 2 aromatic heterocycles. The Morgan fingerprint density at radius 1 is 1.07 bits per heavy atom. The van der Waals surface area contributed by atoms with Gasteiger partial charge in [0.15, 0.2) is 28.1 Å². The van der Waals surface area contributed by atoms with E-state index in [1.807, 2.05) is 38.1 Å². The minimum Gasteiger partial charge on any atom is -0.493 e. The lowest BCUT2D eigenvalue weighted by Crippen LogP contribution is -2.25. The molecule has 0 aliphatic heterocycles. The number of nitro benzene ring substituents is 1. The normalized spacial score (nSPS) is 11.9. The molecule has 0 bridgehead atoms. The van der Waals surface area contributed by atoms with E-state index in [4.69, 9.17) is 24.5 Å². The lowest BCUT2D eigenvalue weighted by atomic mass is 10.2. The maximum Gasteiger partial charge on any atom is 0.269 e. The molecule has 5 rings (SSSR count). The first-order valence-corrected chi connectivity index (χ1v) is 13.3. The van der Waals surface area contributed by atoms with Gasteiger partial charge in [-0.1, -0.05) is 30.8 Å². The molecule has 0 saturated heterocycles.